The highest BCUT2D eigenvalue weighted by molar-refractivity contribution is 5.03. The Labute approximate surface area is 126 Å². The van der Waals surface area contributed by atoms with Crippen LogP contribution in [0.1, 0.15) is 96.3 Å². The topological polar surface area (TPSA) is 26.0 Å². The van der Waals surface area contributed by atoms with E-state index in [1.165, 1.54) is 96.3 Å². The van der Waals surface area contributed by atoms with Crippen molar-refractivity contribution in [1.29, 1.82) is 0 Å². The van der Waals surface area contributed by atoms with Crippen LogP contribution in [0.2, 0.25) is 0 Å². The molecule has 0 heterocycles. The van der Waals surface area contributed by atoms with Crippen LogP contribution in [-0.4, -0.2) is 5.54 Å². The van der Waals surface area contributed by atoms with Crippen molar-refractivity contribution in [2.45, 2.75) is 102 Å². The Hall–Kier alpha value is -0.0400. The molecular weight excluding hydrogens is 242 g/mol. The van der Waals surface area contributed by atoms with Crippen molar-refractivity contribution in [3.05, 3.63) is 0 Å². The first-order valence-corrected chi connectivity index (χ1v) is 9.60. The summed E-state index contributed by atoms with van der Waals surface area (Å²) in [6.45, 7) is 0. The van der Waals surface area contributed by atoms with Crippen LogP contribution in [0.3, 0.4) is 0 Å². The van der Waals surface area contributed by atoms with Gasteiger partial charge < -0.3 is 5.73 Å². The van der Waals surface area contributed by atoms with Crippen molar-refractivity contribution in [1.82, 2.24) is 0 Å². The summed E-state index contributed by atoms with van der Waals surface area (Å²) >= 11 is 0. The monoisotopic (exact) mass is 277 g/mol. The molecule has 0 amide bonds. The molecule has 3 saturated carbocycles. The second kappa shape index (κ2) is 6.81. The largest absolute Gasteiger partial charge is 0.324 e. The van der Waals surface area contributed by atoms with Crippen LogP contribution in [0.5, 0.6) is 0 Å². The molecule has 0 bridgehead atoms. The maximum absolute atomic E-state index is 7.32. The summed E-state index contributed by atoms with van der Waals surface area (Å²) in [5.41, 5.74) is 7.53. The minimum absolute atomic E-state index is 0.210. The van der Waals surface area contributed by atoms with E-state index in [1.807, 2.05) is 0 Å². The molecule has 116 valence electrons. The summed E-state index contributed by atoms with van der Waals surface area (Å²) in [7, 11) is 0. The predicted molar refractivity (Wildman–Crippen MR) is 86.6 cm³/mol. The maximum Gasteiger partial charge on any atom is 0.0240 e. The third-order valence-electron chi connectivity index (χ3n) is 6.94. The van der Waals surface area contributed by atoms with Gasteiger partial charge in [-0.2, -0.15) is 0 Å². The zero-order chi connectivity index (χ0) is 13.8. The fourth-order valence-corrected chi connectivity index (χ4v) is 5.81. The lowest BCUT2D eigenvalue weighted by Crippen LogP contribution is -2.58. The summed E-state index contributed by atoms with van der Waals surface area (Å²) < 4.78 is 0. The molecule has 20 heavy (non-hydrogen) atoms. The Morgan fingerprint density at radius 3 is 1.05 bits per heavy atom. The van der Waals surface area contributed by atoms with Crippen LogP contribution in [0, 0.1) is 17.8 Å². The second-order valence-corrected chi connectivity index (χ2v) is 8.00. The molecule has 1 atom stereocenters. The van der Waals surface area contributed by atoms with Gasteiger partial charge in [0.1, 0.15) is 0 Å². The molecule has 0 aromatic rings. The zero-order valence-corrected chi connectivity index (χ0v) is 13.4. The average molecular weight is 277 g/mol. The van der Waals surface area contributed by atoms with Crippen LogP contribution in [0.15, 0.2) is 0 Å². The van der Waals surface area contributed by atoms with Gasteiger partial charge in [0, 0.05) is 5.54 Å². The maximum atomic E-state index is 7.32. The van der Waals surface area contributed by atoms with E-state index < -0.39 is 0 Å². The van der Waals surface area contributed by atoms with Gasteiger partial charge in [0.15, 0.2) is 0 Å². The summed E-state index contributed by atoms with van der Waals surface area (Å²) in [6, 6.07) is 0. The van der Waals surface area contributed by atoms with E-state index in [9.17, 15) is 0 Å². The van der Waals surface area contributed by atoms with Gasteiger partial charge >= 0.3 is 0 Å². The van der Waals surface area contributed by atoms with E-state index in [0.29, 0.717) is 0 Å². The lowest BCUT2D eigenvalue weighted by atomic mass is 9.60. The normalized spacial score (nSPS) is 31.1. The SMILES string of the molecule is NC(C1CCCCCC1)(C1CCCCC1)C1CCCC1. The van der Waals surface area contributed by atoms with Gasteiger partial charge in [-0.05, 0) is 56.3 Å². The first-order chi connectivity index (χ1) is 9.82. The predicted octanol–water partition coefficient (Wildman–Crippen LogP) is 5.42. The summed E-state index contributed by atoms with van der Waals surface area (Å²) in [4.78, 5) is 0. The third-order valence-corrected chi connectivity index (χ3v) is 6.94. The molecule has 1 nitrogen and oxygen atoms in total. The Morgan fingerprint density at radius 2 is 0.700 bits per heavy atom. The van der Waals surface area contributed by atoms with Crippen LogP contribution in [0.4, 0.5) is 0 Å². The summed E-state index contributed by atoms with van der Waals surface area (Å²) in [6.07, 6.45) is 21.7. The number of hydrogen-bond donors (Lipinski definition) is 1. The molecule has 2 N–H and O–H groups in total. The van der Waals surface area contributed by atoms with Crippen molar-refractivity contribution in [2.75, 3.05) is 0 Å². The summed E-state index contributed by atoms with van der Waals surface area (Å²) in [5, 5.41) is 0. The van der Waals surface area contributed by atoms with Crippen molar-refractivity contribution in [3.8, 4) is 0 Å². The first kappa shape index (κ1) is 14.9. The van der Waals surface area contributed by atoms with Crippen LogP contribution in [-0.2, 0) is 0 Å². The molecule has 0 aromatic heterocycles. The van der Waals surface area contributed by atoms with Gasteiger partial charge in [-0.15, -0.1) is 0 Å². The van der Waals surface area contributed by atoms with Gasteiger partial charge in [0.05, 0.1) is 0 Å². The average Bonchev–Trinajstić information content (AvgIpc) is 2.90. The zero-order valence-electron chi connectivity index (χ0n) is 13.4. The van der Waals surface area contributed by atoms with E-state index in [1.54, 1.807) is 0 Å². The first-order valence-electron chi connectivity index (χ1n) is 9.60. The highest BCUT2D eigenvalue weighted by Crippen LogP contribution is 2.49. The molecule has 3 aliphatic carbocycles. The molecule has 3 fully saturated rings. The lowest BCUT2D eigenvalue weighted by molar-refractivity contribution is 0.0635. The van der Waals surface area contributed by atoms with Crippen LogP contribution >= 0.6 is 0 Å². The lowest BCUT2D eigenvalue weighted by Gasteiger charge is -2.49. The van der Waals surface area contributed by atoms with Crippen molar-refractivity contribution >= 4 is 0 Å². The van der Waals surface area contributed by atoms with Gasteiger partial charge in [-0.3, -0.25) is 0 Å². The molecule has 0 saturated heterocycles. The Kier molecular flexibility index (Phi) is 5.07. The van der Waals surface area contributed by atoms with E-state index in [2.05, 4.69) is 0 Å². The molecule has 0 aliphatic heterocycles. The quantitative estimate of drug-likeness (QED) is 0.684. The van der Waals surface area contributed by atoms with E-state index >= 15 is 0 Å². The van der Waals surface area contributed by atoms with Gasteiger partial charge in [0.25, 0.3) is 0 Å². The second-order valence-electron chi connectivity index (χ2n) is 8.00. The Balaban J connectivity index is 1.80. The van der Waals surface area contributed by atoms with Crippen molar-refractivity contribution in [2.24, 2.45) is 23.5 Å². The highest BCUT2D eigenvalue weighted by Gasteiger charge is 2.47. The molecule has 1 heteroatoms. The molecule has 1 unspecified atom stereocenters. The number of hydrogen-bond acceptors (Lipinski definition) is 1. The molecule has 3 aliphatic rings. The molecule has 0 aromatic carbocycles. The standard InChI is InChI=1S/C19H35N/c20-19(18-14-8-9-15-18,17-12-6-3-7-13-17)16-10-4-1-2-5-11-16/h16-18H,1-15,20H2. The highest BCUT2D eigenvalue weighted by atomic mass is 14.8. The van der Waals surface area contributed by atoms with Gasteiger partial charge in [0.2, 0.25) is 0 Å². The molecular formula is C19H35N. The minimum Gasteiger partial charge on any atom is -0.324 e. The Morgan fingerprint density at radius 1 is 0.450 bits per heavy atom. The number of nitrogens with two attached hydrogens (primary N) is 1. The molecule has 0 radical (unpaired) electrons. The number of rotatable bonds is 3. The smallest absolute Gasteiger partial charge is 0.0240 e. The van der Waals surface area contributed by atoms with Crippen molar-refractivity contribution in [3.63, 3.8) is 0 Å². The van der Waals surface area contributed by atoms with Gasteiger partial charge in [-0.1, -0.05) is 57.8 Å². The Bertz CT molecular complexity index is 280. The fraction of sp³-hybridized carbons (Fsp3) is 1.00. The van der Waals surface area contributed by atoms with Crippen LogP contribution < -0.4 is 5.73 Å². The minimum atomic E-state index is 0.210. The van der Waals surface area contributed by atoms with Crippen LogP contribution in [0.25, 0.3) is 0 Å². The third kappa shape index (κ3) is 2.93. The van der Waals surface area contributed by atoms with E-state index in [-0.39, 0.29) is 5.54 Å². The van der Waals surface area contributed by atoms with Gasteiger partial charge in [-0.25, -0.2) is 0 Å². The van der Waals surface area contributed by atoms with Crippen molar-refractivity contribution < 1.29 is 0 Å². The van der Waals surface area contributed by atoms with E-state index in [4.69, 9.17) is 5.73 Å². The fourth-order valence-electron chi connectivity index (χ4n) is 5.81. The molecule has 3 rings (SSSR count). The summed E-state index contributed by atoms with van der Waals surface area (Å²) in [5.74, 6) is 2.55. The molecule has 0 spiro atoms. The van der Waals surface area contributed by atoms with E-state index in [0.717, 1.165) is 17.8 Å².